The Hall–Kier alpha value is -1.62. The lowest BCUT2D eigenvalue weighted by Gasteiger charge is -2.33. The second kappa shape index (κ2) is 7.51. The molecule has 0 fully saturated rings. The van der Waals surface area contributed by atoms with Crippen molar-refractivity contribution in [1.82, 2.24) is 5.32 Å². The molecular weight excluding hydrogens is 324 g/mol. The van der Waals surface area contributed by atoms with Gasteiger partial charge in [-0.3, -0.25) is 4.79 Å². The Morgan fingerprint density at radius 2 is 2.12 bits per heavy atom. The van der Waals surface area contributed by atoms with Gasteiger partial charge in [-0.1, -0.05) is 42.8 Å². The molecule has 0 aromatic heterocycles. The minimum absolute atomic E-state index is 0.119. The number of hydrogen-bond donors (Lipinski definition) is 2. The van der Waals surface area contributed by atoms with E-state index in [4.69, 9.17) is 22.1 Å². The molecule has 0 saturated carbocycles. The van der Waals surface area contributed by atoms with Crippen LogP contribution in [0.15, 0.2) is 47.3 Å². The van der Waals surface area contributed by atoms with Crippen LogP contribution in [0.2, 0.25) is 5.02 Å². The topological polar surface area (TPSA) is 64.3 Å². The van der Waals surface area contributed by atoms with E-state index in [-0.39, 0.29) is 11.7 Å². The van der Waals surface area contributed by atoms with Crippen molar-refractivity contribution in [3.63, 3.8) is 0 Å². The monoisotopic (exact) mass is 346 g/mol. The van der Waals surface area contributed by atoms with E-state index in [2.05, 4.69) is 18.3 Å². The SMILES string of the molecule is CC1CC(=O)C2=C(C1)NC(COCCN)=CC2c1ccccc1Cl. The summed E-state index contributed by atoms with van der Waals surface area (Å²) in [6.45, 7) is 3.57. The number of ketones is 1. The minimum atomic E-state index is -0.119. The van der Waals surface area contributed by atoms with Crippen LogP contribution < -0.4 is 11.1 Å². The average Bonchev–Trinajstić information content (AvgIpc) is 2.54. The van der Waals surface area contributed by atoms with E-state index in [9.17, 15) is 4.79 Å². The third-order valence-corrected chi connectivity index (χ3v) is 4.81. The second-order valence-corrected chi connectivity index (χ2v) is 6.89. The normalized spacial score (nSPS) is 23.6. The van der Waals surface area contributed by atoms with Gasteiger partial charge in [-0.05, 0) is 24.0 Å². The molecule has 1 aromatic carbocycles. The summed E-state index contributed by atoms with van der Waals surface area (Å²) in [7, 11) is 0. The number of nitrogens with one attached hydrogen (secondary N) is 1. The molecule has 1 aliphatic carbocycles. The molecule has 5 heteroatoms. The smallest absolute Gasteiger partial charge is 0.161 e. The highest BCUT2D eigenvalue weighted by Gasteiger charge is 2.34. The van der Waals surface area contributed by atoms with E-state index in [1.165, 1.54) is 0 Å². The van der Waals surface area contributed by atoms with Gasteiger partial charge in [0.25, 0.3) is 0 Å². The van der Waals surface area contributed by atoms with Crippen LogP contribution in [0.3, 0.4) is 0 Å². The fourth-order valence-corrected chi connectivity index (χ4v) is 3.70. The standard InChI is InChI=1S/C19H23ClN2O2/c1-12-8-17-19(18(23)9-12)15(14-4-2-3-5-16(14)20)10-13(22-17)11-24-7-6-21/h2-5,10,12,15,22H,6-9,11,21H2,1H3. The molecule has 2 unspecified atom stereocenters. The highest BCUT2D eigenvalue weighted by molar-refractivity contribution is 6.31. The first kappa shape index (κ1) is 17.2. The molecule has 1 aliphatic heterocycles. The average molecular weight is 347 g/mol. The van der Waals surface area contributed by atoms with Crippen LogP contribution in [0.5, 0.6) is 0 Å². The zero-order valence-electron chi connectivity index (χ0n) is 13.8. The number of carbonyl (C=O) groups is 1. The maximum atomic E-state index is 12.7. The number of ether oxygens (including phenoxy) is 1. The lowest BCUT2D eigenvalue weighted by molar-refractivity contribution is -0.117. The Kier molecular flexibility index (Phi) is 5.39. The zero-order chi connectivity index (χ0) is 17.1. The van der Waals surface area contributed by atoms with Crippen LogP contribution in [0.4, 0.5) is 0 Å². The molecule has 3 N–H and O–H groups in total. The van der Waals surface area contributed by atoms with Gasteiger partial charge >= 0.3 is 0 Å². The van der Waals surface area contributed by atoms with Crippen molar-refractivity contribution in [2.24, 2.45) is 11.7 Å². The predicted octanol–water partition coefficient (Wildman–Crippen LogP) is 3.14. The highest BCUT2D eigenvalue weighted by atomic mass is 35.5. The van der Waals surface area contributed by atoms with Crippen LogP contribution in [-0.4, -0.2) is 25.5 Å². The Bertz CT molecular complexity index is 696. The maximum absolute atomic E-state index is 12.7. The number of halogens is 1. The fraction of sp³-hybridized carbons (Fsp3) is 0.421. The number of allylic oxidation sites excluding steroid dienone is 3. The van der Waals surface area contributed by atoms with E-state index in [1.54, 1.807) is 0 Å². The van der Waals surface area contributed by atoms with E-state index < -0.39 is 0 Å². The third kappa shape index (κ3) is 3.56. The number of dihydropyridines is 1. The van der Waals surface area contributed by atoms with Gasteiger partial charge in [-0.15, -0.1) is 0 Å². The van der Waals surface area contributed by atoms with E-state index >= 15 is 0 Å². The van der Waals surface area contributed by atoms with Crippen molar-refractivity contribution in [2.45, 2.75) is 25.7 Å². The number of rotatable bonds is 5. The van der Waals surface area contributed by atoms with Gasteiger partial charge < -0.3 is 15.8 Å². The summed E-state index contributed by atoms with van der Waals surface area (Å²) in [6, 6.07) is 7.72. The summed E-state index contributed by atoms with van der Waals surface area (Å²) < 4.78 is 5.57. The van der Waals surface area contributed by atoms with Gasteiger partial charge in [0, 0.05) is 40.9 Å². The minimum Gasteiger partial charge on any atom is -0.374 e. The molecule has 2 aliphatic rings. The first-order chi connectivity index (χ1) is 11.6. The predicted molar refractivity (Wildman–Crippen MR) is 95.7 cm³/mol. The quantitative estimate of drug-likeness (QED) is 0.804. The van der Waals surface area contributed by atoms with E-state index in [1.807, 2.05) is 24.3 Å². The fourth-order valence-electron chi connectivity index (χ4n) is 3.45. The van der Waals surface area contributed by atoms with Gasteiger partial charge in [0.2, 0.25) is 0 Å². The summed E-state index contributed by atoms with van der Waals surface area (Å²) in [5.74, 6) is 0.436. The number of benzene rings is 1. The van der Waals surface area contributed by atoms with Crippen molar-refractivity contribution in [3.8, 4) is 0 Å². The Morgan fingerprint density at radius 1 is 1.33 bits per heavy atom. The summed E-state index contributed by atoms with van der Waals surface area (Å²) >= 11 is 6.41. The highest BCUT2D eigenvalue weighted by Crippen LogP contribution is 2.41. The third-order valence-electron chi connectivity index (χ3n) is 4.46. The molecule has 24 heavy (non-hydrogen) atoms. The first-order valence-corrected chi connectivity index (χ1v) is 8.74. The molecule has 1 aromatic rings. The Labute approximate surface area is 147 Å². The molecule has 0 saturated heterocycles. The number of Topliss-reactive ketones (excluding diaryl/α,β-unsaturated/α-hetero) is 1. The lowest BCUT2D eigenvalue weighted by Crippen LogP contribution is -2.33. The molecule has 1 heterocycles. The Balaban J connectivity index is 1.97. The van der Waals surface area contributed by atoms with Gasteiger partial charge in [0.05, 0.1) is 13.2 Å². The zero-order valence-corrected chi connectivity index (χ0v) is 14.6. The van der Waals surface area contributed by atoms with Crippen molar-refractivity contribution >= 4 is 17.4 Å². The lowest BCUT2D eigenvalue weighted by atomic mass is 9.77. The molecular formula is C19H23ClN2O2. The number of nitrogens with two attached hydrogens (primary N) is 1. The molecule has 0 amide bonds. The molecule has 0 spiro atoms. The molecule has 0 radical (unpaired) electrons. The van der Waals surface area contributed by atoms with Crippen LogP contribution in [0.25, 0.3) is 0 Å². The number of carbonyl (C=O) groups excluding carboxylic acids is 1. The first-order valence-electron chi connectivity index (χ1n) is 8.36. The largest absolute Gasteiger partial charge is 0.374 e. The van der Waals surface area contributed by atoms with Gasteiger partial charge in [-0.25, -0.2) is 0 Å². The van der Waals surface area contributed by atoms with Crippen LogP contribution in [0, 0.1) is 5.92 Å². The summed E-state index contributed by atoms with van der Waals surface area (Å²) in [6.07, 6.45) is 3.52. The summed E-state index contributed by atoms with van der Waals surface area (Å²) in [5.41, 5.74) is 9.28. The van der Waals surface area contributed by atoms with Crippen molar-refractivity contribution < 1.29 is 9.53 Å². The van der Waals surface area contributed by atoms with Gasteiger partial charge in [0.1, 0.15) is 0 Å². The molecule has 2 atom stereocenters. The van der Waals surface area contributed by atoms with Crippen LogP contribution in [0.1, 0.15) is 31.2 Å². The molecule has 128 valence electrons. The van der Waals surface area contributed by atoms with E-state index in [0.29, 0.717) is 37.1 Å². The molecule has 0 bridgehead atoms. The Morgan fingerprint density at radius 3 is 2.88 bits per heavy atom. The maximum Gasteiger partial charge on any atom is 0.161 e. The molecule has 4 nitrogen and oxygen atoms in total. The second-order valence-electron chi connectivity index (χ2n) is 6.49. The van der Waals surface area contributed by atoms with Crippen LogP contribution >= 0.6 is 11.6 Å². The molecule has 3 rings (SSSR count). The summed E-state index contributed by atoms with van der Waals surface area (Å²) in [4.78, 5) is 12.7. The summed E-state index contributed by atoms with van der Waals surface area (Å²) in [5, 5.41) is 4.09. The van der Waals surface area contributed by atoms with Crippen molar-refractivity contribution in [1.29, 1.82) is 0 Å². The number of hydrogen-bond acceptors (Lipinski definition) is 4. The van der Waals surface area contributed by atoms with E-state index in [0.717, 1.165) is 29.0 Å². The van der Waals surface area contributed by atoms with Gasteiger partial charge in [0.15, 0.2) is 5.78 Å². The van der Waals surface area contributed by atoms with Crippen molar-refractivity contribution in [3.05, 3.63) is 57.9 Å². The van der Waals surface area contributed by atoms with Crippen molar-refractivity contribution in [2.75, 3.05) is 19.8 Å². The van der Waals surface area contributed by atoms with Crippen LogP contribution in [-0.2, 0) is 9.53 Å². The van der Waals surface area contributed by atoms with Gasteiger partial charge in [-0.2, -0.15) is 0 Å².